The normalized spacial score (nSPS) is 10.1. The molecule has 0 radical (unpaired) electrons. The number of nitrogens with zero attached hydrogens (tertiary/aromatic N) is 2. The SMILES string of the molecule is CNc1cc(NC(=O)c2ccc(OC)c(OC)c2)nc(NC(=O)c2ccc(OC)c(OC)c2)n1. The van der Waals surface area contributed by atoms with Gasteiger partial charge in [-0.25, -0.2) is 0 Å². The third-order valence-electron chi connectivity index (χ3n) is 4.74. The fraction of sp³-hybridized carbons (Fsp3) is 0.217. The van der Waals surface area contributed by atoms with Crippen LogP contribution in [0, 0.1) is 0 Å². The molecule has 0 saturated carbocycles. The summed E-state index contributed by atoms with van der Waals surface area (Å²) in [6.45, 7) is 0. The number of carbonyl (C=O) groups is 2. The summed E-state index contributed by atoms with van der Waals surface area (Å²) in [5, 5.41) is 8.19. The van der Waals surface area contributed by atoms with Crippen molar-refractivity contribution in [3.8, 4) is 23.0 Å². The average Bonchev–Trinajstić information content (AvgIpc) is 2.87. The van der Waals surface area contributed by atoms with Gasteiger partial charge in [0.25, 0.3) is 11.8 Å². The molecule has 0 atom stereocenters. The minimum atomic E-state index is -0.466. The molecule has 0 fully saturated rings. The first-order valence-corrected chi connectivity index (χ1v) is 10.1. The minimum Gasteiger partial charge on any atom is -0.493 e. The molecule has 1 aromatic heterocycles. The Labute approximate surface area is 196 Å². The fourth-order valence-electron chi connectivity index (χ4n) is 3.01. The lowest BCUT2D eigenvalue weighted by Gasteiger charge is -2.12. The lowest BCUT2D eigenvalue weighted by molar-refractivity contribution is 0.101. The molecule has 0 aliphatic carbocycles. The standard InChI is InChI=1S/C23H25N5O6/c1-24-19-12-20(25-21(29)13-6-8-15(31-2)17(10-13)33-4)27-23(26-19)28-22(30)14-7-9-16(32-3)18(11-14)34-5/h6-12H,1-5H3,(H3,24,25,26,27,28,29,30). The molecule has 3 aromatic rings. The van der Waals surface area contributed by atoms with Crippen molar-refractivity contribution in [3.63, 3.8) is 0 Å². The summed E-state index contributed by atoms with van der Waals surface area (Å²) >= 11 is 0. The van der Waals surface area contributed by atoms with Crippen LogP contribution < -0.4 is 34.9 Å². The van der Waals surface area contributed by atoms with Crippen LogP contribution in [-0.4, -0.2) is 57.3 Å². The molecule has 178 valence electrons. The van der Waals surface area contributed by atoms with Crippen molar-refractivity contribution in [3.05, 3.63) is 53.6 Å². The van der Waals surface area contributed by atoms with Crippen molar-refractivity contribution >= 4 is 29.4 Å². The summed E-state index contributed by atoms with van der Waals surface area (Å²) in [5.41, 5.74) is 0.644. The highest BCUT2D eigenvalue weighted by Crippen LogP contribution is 2.29. The number of carbonyl (C=O) groups excluding carboxylic acids is 2. The number of hydrogen-bond acceptors (Lipinski definition) is 9. The molecule has 3 N–H and O–H groups in total. The van der Waals surface area contributed by atoms with Gasteiger partial charge in [-0.3, -0.25) is 14.9 Å². The van der Waals surface area contributed by atoms with Gasteiger partial charge >= 0.3 is 0 Å². The van der Waals surface area contributed by atoms with Gasteiger partial charge in [-0.05, 0) is 36.4 Å². The molecular weight excluding hydrogens is 442 g/mol. The van der Waals surface area contributed by atoms with E-state index >= 15 is 0 Å². The largest absolute Gasteiger partial charge is 0.493 e. The highest BCUT2D eigenvalue weighted by atomic mass is 16.5. The van der Waals surface area contributed by atoms with E-state index in [1.165, 1.54) is 40.6 Å². The van der Waals surface area contributed by atoms with E-state index in [1.54, 1.807) is 37.4 Å². The van der Waals surface area contributed by atoms with E-state index in [1.807, 2.05) is 0 Å². The van der Waals surface area contributed by atoms with Crippen LogP contribution in [0.25, 0.3) is 0 Å². The maximum atomic E-state index is 12.8. The van der Waals surface area contributed by atoms with E-state index in [9.17, 15) is 9.59 Å². The lowest BCUT2D eigenvalue weighted by Crippen LogP contribution is -2.18. The molecular formula is C23H25N5O6. The van der Waals surface area contributed by atoms with E-state index < -0.39 is 11.8 Å². The summed E-state index contributed by atoms with van der Waals surface area (Å²) < 4.78 is 20.9. The van der Waals surface area contributed by atoms with Crippen LogP contribution in [0.1, 0.15) is 20.7 Å². The smallest absolute Gasteiger partial charge is 0.258 e. The number of amides is 2. The number of aromatic nitrogens is 2. The molecule has 11 nitrogen and oxygen atoms in total. The molecule has 11 heteroatoms. The van der Waals surface area contributed by atoms with Gasteiger partial charge in [0.05, 0.1) is 28.4 Å². The van der Waals surface area contributed by atoms with Crippen LogP contribution in [-0.2, 0) is 0 Å². The van der Waals surface area contributed by atoms with E-state index in [-0.39, 0.29) is 11.8 Å². The molecule has 0 aliphatic heterocycles. The highest BCUT2D eigenvalue weighted by molar-refractivity contribution is 6.05. The van der Waals surface area contributed by atoms with Crippen LogP contribution in [0.15, 0.2) is 42.5 Å². The Morgan fingerprint density at radius 3 is 1.59 bits per heavy atom. The molecule has 0 unspecified atom stereocenters. The molecule has 0 saturated heterocycles. The summed E-state index contributed by atoms with van der Waals surface area (Å²) in [4.78, 5) is 34.0. The van der Waals surface area contributed by atoms with Crippen LogP contribution >= 0.6 is 0 Å². The van der Waals surface area contributed by atoms with Crippen molar-refractivity contribution in [2.75, 3.05) is 51.4 Å². The Bertz CT molecular complexity index is 1110. The summed E-state index contributed by atoms with van der Waals surface area (Å²) in [6.07, 6.45) is 0. The van der Waals surface area contributed by atoms with Crippen LogP contribution in [0.5, 0.6) is 23.0 Å². The fourth-order valence-corrected chi connectivity index (χ4v) is 3.01. The van der Waals surface area contributed by atoms with E-state index in [4.69, 9.17) is 18.9 Å². The van der Waals surface area contributed by atoms with Crippen molar-refractivity contribution in [1.82, 2.24) is 9.97 Å². The topological polar surface area (TPSA) is 133 Å². The summed E-state index contributed by atoms with van der Waals surface area (Å²) in [5.74, 6) is 1.48. The Hall–Kier alpha value is -4.54. The molecule has 2 aromatic carbocycles. The first-order valence-electron chi connectivity index (χ1n) is 10.1. The lowest BCUT2D eigenvalue weighted by atomic mass is 10.2. The van der Waals surface area contributed by atoms with Crippen LogP contribution in [0.4, 0.5) is 17.6 Å². The summed E-state index contributed by atoms with van der Waals surface area (Å²) in [7, 11) is 7.63. The molecule has 2 amide bonds. The van der Waals surface area contributed by atoms with Gasteiger partial charge in [0, 0.05) is 24.2 Å². The minimum absolute atomic E-state index is 0.00533. The van der Waals surface area contributed by atoms with Crippen LogP contribution in [0.2, 0.25) is 0 Å². The van der Waals surface area contributed by atoms with Crippen molar-refractivity contribution in [2.45, 2.75) is 0 Å². The zero-order valence-electron chi connectivity index (χ0n) is 19.4. The van der Waals surface area contributed by atoms with E-state index in [2.05, 4.69) is 25.9 Å². The second-order valence-corrected chi connectivity index (χ2v) is 6.76. The number of nitrogens with one attached hydrogen (secondary N) is 3. The predicted octanol–water partition coefficient (Wildman–Crippen LogP) is 3.06. The highest BCUT2D eigenvalue weighted by Gasteiger charge is 2.16. The molecule has 1 heterocycles. The first-order chi connectivity index (χ1) is 16.4. The third kappa shape index (κ3) is 5.44. The number of ether oxygens (including phenoxy) is 4. The zero-order chi connectivity index (χ0) is 24.7. The second-order valence-electron chi connectivity index (χ2n) is 6.76. The second kappa shape index (κ2) is 10.9. The number of hydrogen-bond donors (Lipinski definition) is 3. The van der Waals surface area contributed by atoms with Crippen molar-refractivity contribution in [1.29, 1.82) is 0 Å². The molecule has 0 aliphatic rings. The first kappa shape index (κ1) is 24.1. The van der Waals surface area contributed by atoms with Gasteiger partial charge in [-0.15, -0.1) is 0 Å². The molecule has 0 bridgehead atoms. The predicted molar refractivity (Wildman–Crippen MR) is 127 cm³/mol. The van der Waals surface area contributed by atoms with Crippen molar-refractivity contribution in [2.24, 2.45) is 0 Å². The maximum Gasteiger partial charge on any atom is 0.258 e. The van der Waals surface area contributed by atoms with Gasteiger partial charge in [0.1, 0.15) is 11.6 Å². The van der Waals surface area contributed by atoms with Crippen molar-refractivity contribution < 1.29 is 28.5 Å². The van der Waals surface area contributed by atoms with Gasteiger partial charge in [0.15, 0.2) is 23.0 Å². The Morgan fingerprint density at radius 2 is 1.12 bits per heavy atom. The number of benzene rings is 2. The Kier molecular flexibility index (Phi) is 7.70. The molecule has 34 heavy (non-hydrogen) atoms. The average molecular weight is 467 g/mol. The molecule has 3 rings (SSSR count). The van der Waals surface area contributed by atoms with Gasteiger partial charge in [0.2, 0.25) is 5.95 Å². The molecule has 0 spiro atoms. The quantitative estimate of drug-likeness (QED) is 0.434. The number of rotatable bonds is 9. The third-order valence-corrected chi connectivity index (χ3v) is 4.74. The van der Waals surface area contributed by atoms with E-state index in [0.29, 0.717) is 39.9 Å². The van der Waals surface area contributed by atoms with Gasteiger partial charge in [-0.1, -0.05) is 0 Å². The Morgan fingerprint density at radius 1 is 0.647 bits per heavy atom. The number of methoxy groups -OCH3 is 4. The van der Waals surface area contributed by atoms with E-state index in [0.717, 1.165) is 0 Å². The Balaban J connectivity index is 1.82. The summed E-state index contributed by atoms with van der Waals surface area (Å²) in [6, 6.07) is 11.0. The maximum absolute atomic E-state index is 12.8. The zero-order valence-corrected chi connectivity index (χ0v) is 19.4. The number of anilines is 3. The van der Waals surface area contributed by atoms with Gasteiger partial charge in [-0.2, -0.15) is 9.97 Å². The monoisotopic (exact) mass is 467 g/mol. The van der Waals surface area contributed by atoms with Gasteiger partial charge < -0.3 is 29.6 Å². The van der Waals surface area contributed by atoms with Crippen LogP contribution in [0.3, 0.4) is 0 Å².